The van der Waals surface area contributed by atoms with Gasteiger partial charge in [-0.25, -0.2) is 0 Å². The third kappa shape index (κ3) is 2.81. The molecule has 0 saturated carbocycles. The van der Waals surface area contributed by atoms with E-state index >= 15 is 0 Å². The van der Waals surface area contributed by atoms with E-state index in [0.29, 0.717) is 5.69 Å². The predicted octanol–water partition coefficient (Wildman–Crippen LogP) is 2.36. The maximum atomic E-state index is 7.23. The molecule has 0 radical (unpaired) electrons. The van der Waals surface area contributed by atoms with Crippen LogP contribution in [0, 0.1) is 5.41 Å². The van der Waals surface area contributed by atoms with Crippen LogP contribution in [0.25, 0.3) is 10.8 Å². The molecular weight excluding hydrogens is 233 g/mol. The second kappa shape index (κ2) is 5.53. The van der Waals surface area contributed by atoms with Crippen LogP contribution in [0.4, 0.5) is 0 Å². The monoisotopic (exact) mass is 243 g/mol. The normalized spacial score (nSPS) is 8.80. The van der Waals surface area contributed by atoms with Gasteiger partial charge in [0.25, 0.3) is 0 Å². The number of benzene rings is 1. The van der Waals surface area contributed by atoms with Crippen LogP contribution in [0.15, 0.2) is 36.5 Å². The van der Waals surface area contributed by atoms with Crippen LogP contribution in [0.1, 0.15) is 5.69 Å². The molecule has 0 atom stereocenters. The molecule has 0 bridgehead atoms. The Morgan fingerprint density at radius 1 is 1.13 bits per heavy atom. The number of aromatic nitrogens is 1. The molecule has 2 rings (SSSR count). The van der Waals surface area contributed by atoms with Crippen LogP contribution >= 0.6 is 24.8 Å². The number of halogens is 2. The van der Waals surface area contributed by atoms with Gasteiger partial charge in [-0.2, -0.15) is 0 Å². The van der Waals surface area contributed by atoms with Crippen molar-refractivity contribution in [3.05, 3.63) is 42.2 Å². The van der Waals surface area contributed by atoms with Gasteiger partial charge >= 0.3 is 0 Å². The predicted molar refractivity (Wildman–Crippen MR) is 67.3 cm³/mol. The highest BCUT2D eigenvalue weighted by atomic mass is 35.5. The largest absolute Gasteiger partial charge is 0.382 e. The van der Waals surface area contributed by atoms with Crippen LogP contribution in [-0.4, -0.2) is 10.8 Å². The molecule has 0 aliphatic carbocycles. The zero-order valence-electron chi connectivity index (χ0n) is 7.81. The Morgan fingerprint density at radius 2 is 1.73 bits per heavy atom. The summed E-state index contributed by atoms with van der Waals surface area (Å²) in [6.07, 6.45) is 1.73. The summed E-state index contributed by atoms with van der Waals surface area (Å²) < 4.78 is 0. The van der Waals surface area contributed by atoms with Gasteiger partial charge in [0.15, 0.2) is 0 Å². The summed E-state index contributed by atoms with van der Waals surface area (Å²) >= 11 is 0. The summed E-state index contributed by atoms with van der Waals surface area (Å²) in [4.78, 5) is 4.06. The number of nitrogen functional groups attached to an aromatic ring is 1. The first-order valence-electron chi connectivity index (χ1n) is 3.96. The highest BCUT2D eigenvalue weighted by Crippen LogP contribution is 2.12. The summed E-state index contributed by atoms with van der Waals surface area (Å²) in [5.41, 5.74) is 5.85. The Bertz CT molecular complexity index is 471. The lowest BCUT2D eigenvalue weighted by atomic mass is 10.1. The minimum atomic E-state index is 0. The van der Waals surface area contributed by atoms with Crippen LogP contribution in [-0.2, 0) is 0 Å². The molecule has 0 unspecified atom stereocenters. The molecular formula is C10H11Cl2N3. The molecule has 3 nitrogen and oxygen atoms in total. The van der Waals surface area contributed by atoms with Gasteiger partial charge in [-0.05, 0) is 11.5 Å². The van der Waals surface area contributed by atoms with E-state index < -0.39 is 0 Å². The summed E-state index contributed by atoms with van der Waals surface area (Å²) in [5.74, 6) is 0.00533. The Balaban J connectivity index is 0.000000980. The minimum Gasteiger partial charge on any atom is -0.382 e. The van der Waals surface area contributed by atoms with Gasteiger partial charge < -0.3 is 5.73 Å². The highest BCUT2D eigenvalue weighted by molar-refractivity contribution is 5.96. The lowest BCUT2D eigenvalue weighted by molar-refractivity contribution is 1.28. The highest BCUT2D eigenvalue weighted by Gasteiger charge is 1.98. The average Bonchev–Trinajstić information content (AvgIpc) is 2.17. The molecule has 1 aromatic carbocycles. The topological polar surface area (TPSA) is 62.8 Å². The second-order valence-electron chi connectivity index (χ2n) is 2.83. The zero-order valence-corrected chi connectivity index (χ0v) is 9.44. The van der Waals surface area contributed by atoms with Gasteiger partial charge in [0.2, 0.25) is 0 Å². The fourth-order valence-electron chi connectivity index (χ4n) is 1.23. The van der Waals surface area contributed by atoms with Gasteiger partial charge in [-0.15, -0.1) is 24.8 Å². The molecule has 3 N–H and O–H groups in total. The van der Waals surface area contributed by atoms with Crippen LogP contribution in [0.5, 0.6) is 0 Å². The van der Waals surface area contributed by atoms with E-state index in [9.17, 15) is 0 Å². The van der Waals surface area contributed by atoms with Gasteiger partial charge in [0.1, 0.15) is 11.5 Å². The number of hydrogen-bond donors (Lipinski definition) is 2. The van der Waals surface area contributed by atoms with Crippen molar-refractivity contribution in [2.45, 2.75) is 0 Å². The fourth-order valence-corrected chi connectivity index (χ4v) is 1.23. The Morgan fingerprint density at radius 3 is 2.33 bits per heavy atom. The van der Waals surface area contributed by atoms with Crippen molar-refractivity contribution in [1.29, 1.82) is 5.41 Å². The number of fused-ring (bicyclic) bond motifs is 1. The van der Waals surface area contributed by atoms with Crippen molar-refractivity contribution in [1.82, 2.24) is 4.98 Å². The summed E-state index contributed by atoms with van der Waals surface area (Å²) in [7, 11) is 0. The van der Waals surface area contributed by atoms with Gasteiger partial charge in [-0.1, -0.05) is 24.3 Å². The summed E-state index contributed by atoms with van der Waals surface area (Å²) in [6, 6.07) is 9.68. The Kier molecular flexibility index (Phi) is 5.05. The van der Waals surface area contributed by atoms with E-state index in [4.69, 9.17) is 11.1 Å². The molecule has 5 heteroatoms. The lowest BCUT2D eigenvalue weighted by Crippen LogP contribution is -2.12. The number of nitrogens with one attached hydrogen (secondary N) is 1. The molecule has 0 fully saturated rings. The molecule has 0 spiro atoms. The van der Waals surface area contributed by atoms with E-state index in [1.807, 2.05) is 30.3 Å². The fraction of sp³-hybridized carbons (Fsp3) is 0. The third-order valence-corrected chi connectivity index (χ3v) is 1.91. The number of amidine groups is 1. The van der Waals surface area contributed by atoms with Crippen LogP contribution < -0.4 is 5.73 Å². The summed E-state index contributed by atoms with van der Waals surface area (Å²) in [6.45, 7) is 0. The van der Waals surface area contributed by atoms with Crippen molar-refractivity contribution >= 4 is 41.4 Å². The van der Waals surface area contributed by atoms with Crippen LogP contribution in [0.3, 0.4) is 0 Å². The van der Waals surface area contributed by atoms with Gasteiger partial charge in [-0.3, -0.25) is 10.4 Å². The molecule has 0 saturated heterocycles. The molecule has 1 heterocycles. The number of rotatable bonds is 1. The van der Waals surface area contributed by atoms with Gasteiger partial charge in [0, 0.05) is 11.6 Å². The first-order chi connectivity index (χ1) is 6.27. The van der Waals surface area contributed by atoms with Crippen molar-refractivity contribution in [2.24, 2.45) is 5.73 Å². The first kappa shape index (κ1) is 13.7. The average molecular weight is 244 g/mol. The van der Waals surface area contributed by atoms with E-state index in [0.717, 1.165) is 10.8 Å². The Hall–Kier alpha value is -1.32. The van der Waals surface area contributed by atoms with E-state index in [2.05, 4.69) is 4.98 Å². The van der Waals surface area contributed by atoms with E-state index in [1.54, 1.807) is 6.20 Å². The number of nitrogens with two attached hydrogens (primary N) is 1. The van der Waals surface area contributed by atoms with E-state index in [-0.39, 0.29) is 30.6 Å². The second-order valence-corrected chi connectivity index (χ2v) is 2.83. The maximum absolute atomic E-state index is 7.23. The SMILES string of the molecule is Cl.Cl.N=C(N)c1cc2ccccc2cn1. The number of nitrogens with zero attached hydrogens (tertiary/aromatic N) is 1. The minimum absolute atomic E-state index is 0. The molecule has 15 heavy (non-hydrogen) atoms. The molecule has 1 aromatic heterocycles. The lowest BCUT2D eigenvalue weighted by Gasteiger charge is -1.99. The summed E-state index contributed by atoms with van der Waals surface area (Å²) in [5, 5.41) is 9.35. The molecule has 0 amide bonds. The van der Waals surface area contributed by atoms with Crippen molar-refractivity contribution in [3.63, 3.8) is 0 Å². The molecule has 2 aromatic rings. The van der Waals surface area contributed by atoms with Crippen molar-refractivity contribution in [3.8, 4) is 0 Å². The number of pyridine rings is 1. The van der Waals surface area contributed by atoms with Gasteiger partial charge in [0.05, 0.1) is 0 Å². The third-order valence-electron chi connectivity index (χ3n) is 1.91. The quantitative estimate of drug-likeness (QED) is 0.597. The zero-order chi connectivity index (χ0) is 9.26. The van der Waals surface area contributed by atoms with Crippen LogP contribution in [0.2, 0.25) is 0 Å². The maximum Gasteiger partial charge on any atom is 0.141 e. The standard InChI is InChI=1S/C10H9N3.2ClH/c11-10(12)9-5-7-3-1-2-4-8(7)6-13-9;;/h1-6H,(H3,11,12);2*1H. The van der Waals surface area contributed by atoms with Crippen molar-refractivity contribution in [2.75, 3.05) is 0 Å². The molecule has 0 aliphatic rings. The molecule has 80 valence electrons. The van der Waals surface area contributed by atoms with E-state index in [1.165, 1.54) is 0 Å². The smallest absolute Gasteiger partial charge is 0.141 e. The van der Waals surface area contributed by atoms with Crippen molar-refractivity contribution < 1.29 is 0 Å². The molecule has 0 aliphatic heterocycles. The Labute approximate surface area is 100 Å². The first-order valence-corrected chi connectivity index (χ1v) is 3.96. The number of hydrogen-bond acceptors (Lipinski definition) is 2.